The van der Waals surface area contributed by atoms with E-state index in [0.717, 1.165) is 21.1 Å². The SMILES string of the molecule is CNC(c1ncccc1Br)c1cccc2ncccc12. The van der Waals surface area contributed by atoms with Crippen LogP contribution in [0.25, 0.3) is 10.9 Å². The number of halogens is 1. The van der Waals surface area contributed by atoms with E-state index in [1.165, 1.54) is 5.56 Å². The fourth-order valence-electron chi connectivity index (χ4n) is 2.43. The van der Waals surface area contributed by atoms with Gasteiger partial charge >= 0.3 is 0 Å². The van der Waals surface area contributed by atoms with Crippen LogP contribution in [-0.4, -0.2) is 17.0 Å². The minimum Gasteiger partial charge on any atom is -0.308 e. The van der Waals surface area contributed by atoms with Gasteiger partial charge in [0.05, 0.1) is 17.3 Å². The van der Waals surface area contributed by atoms with Crippen molar-refractivity contribution in [3.05, 3.63) is 70.6 Å². The van der Waals surface area contributed by atoms with Gasteiger partial charge in [-0.15, -0.1) is 0 Å². The second kappa shape index (κ2) is 5.69. The van der Waals surface area contributed by atoms with Crippen molar-refractivity contribution in [3.63, 3.8) is 0 Å². The van der Waals surface area contributed by atoms with E-state index < -0.39 is 0 Å². The maximum Gasteiger partial charge on any atom is 0.0767 e. The summed E-state index contributed by atoms with van der Waals surface area (Å²) >= 11 is 3.58. The second-order valence-electron chi connectivity index (χ2n) is 4.51. The second-order valence-corrected chi connectivity index (χ2v) is 5.36. The standard InChI is InChI=1S/C16H14BrN3/c1-18-15(16-13(17)7-4-10-20-16)12-5-2-8-14-11(12)6-3-9-19-14/h2-10,15,18H,1H3. The van der Waals surface area contributed by atoms with Crippen molar-refractivity contribution < 1.29 is 0 Å². The molecule has 0 saturated carbocycles. The van der Waals surface area contributed by atoms with Gasteiger partial charge in [0.2, 0.25) is 0 Å². The van der Waals surface area contributed by atoms with Gasteiger partial charge in [-0.25, -0.2) is 0 Å². The average molecular weight is 328 g/mol. The van der Waals surface area contributed by atoms with E-state index in [9.17, 15) is 0 Å². The van der Waals surface area contributed by atoms with Crippen molar-refractivity contribution in [2.24, 2.45) is 0 Å². The Morgan fingerprint density at radius 3 is 2.60 bits per heavy atom. The highest BCUT2D eigenvalue weighted by molar-refractivity contribution is 9.10. The van der Waals surface area contributed by atoms with Crippen molar-refractivity contribution in [2.45, 2.75) is 6.04 Å². The van der Waals surface area contributed by atoms with Gasteiger partial charge < -0.3 is 5.32 Å². The molecule has 0 aliphatic rings. The predicted octanol–water partition coefficient (Wildman–Crippen LogP) is 3.70. The topological polar surface area (TPSA) is 37.8 Å². The van der Waals surface area contributed by atoms with Crippen LogP contribution in [0.3, 0.4) is 0 Å². The number of rotatable bonds is 3. The van der Waals surface area contributed by atoms with E-state index >= 15 is 0 Å². The van der Waals surface area contributed by atoms with Gasteiger partial charge in [-0.1, -0.05) is 18.2 Å². The summed E-state index contributed by atoms with van der Waals surface area (Å²) in [7, 11) is 1.95. The molecule has 1 N–H and O–H groups in total. The van der Waals surface area contributed by atoms with Crippen LogP contribution in [0.4, 0.5) is 0 Å². The molecule has 4 heteroatoms. The van der Waals surface area contributed by atoms with Crippen LogP contribution in [0.1, 0.15) is 17.3 Å². The van der Waals surface area contributed by atoms with E-state index in [4.69, 9.17) is 0 Å². The lowest BCUT2D eigenvalue weighted by molar-refractivity contribution is 0.672. The number of hydrogen-bond donors (Lipinski definition) is 1. The van der Waals surface area contributed by atoms with Crippen LogP contribution >= 0.6 is 15.9 Å². The van der Waals surface area contributed by atoms with Crippen LogP contribution in [0.15, 0.2) is 59.3 Å². The van der Waals surface area contributed by atoms with Gasteiger partial charge in [0.1, 0.15) is 0 Å². The lowest BCUT2D eigenvalue weighted by Gasteiger charge is -2.19. The third-order valence-corrected chi connectivity index (χ3v) is 4.01. The van der Waals surface area contributed by atoms with Gasteiger partial charge in [0, 0.05) is 22.3 Å². The molecular weight excluding hydrogens is 314 g/mol. The third-order valence-electron chi connectivity index (χ3n) is 3.34. The molecule has 0 spiro atoms. The van der Waals surface area contributed by atoms with E-state index in [0.29, 0.717) is 0 Å². The van der Waals surface area contributed by atoms with Crippen molar-refractivity contribution in [2.75, 3.05) is 7.05 Å². The Balaban J connectivity index is 2.20. The zero-order valence-corrected chi connectivity index (χ0v) is 12.6. The molecular formula is C16H14BrN3. The fourth-order valence-corrected chi connectivity index (χ4v) is 2.91. The lowest BCUT2D eigenvalue weighted by Crippen LogP contribution is -2.19. The lowest BCUT2D eigenvalue weighted by atomic mass is 9.98. The van der Waals surface area contributed by atoms with Crippen molar-refractivity contribution in [1.82, 2.24) is 15.3 Å². The van der Waals surface area contributed by atoms with Crippen molar-refractivity contribution >= 4 is 26.8 Å². The first-order valence-corrected chi connectivity index (χ1v) is 7.22. The quantitative estimate of drug-likeness (QED) is 0.797. The third kappa shape index (κ3) is 2.32. The van der Waals surface area contributed by atoms with Gasteiger partial charge in [-0.2, -0.15) is 0 Å². The van der Waals surface area contributed by atoms with Crippen LogP contribution < -0.4 is 5.32 Å². The Morgan fingerprint density at radius 1 is 1.00 bits per heavy atom. The van der Waals surface area contributed by atoms with Crippen molar-refractivity contribution in [1.29, 1.82) is 0 Å². The summed E-state index contributed by atoms with van der Waals surface area (Å²) in [5.74, 6) is 0. The molecule has 0 saturated heterocycles. The van der Waals surface area contributed by atoms with Crippen LogP contribution in [0.5, 0.6) is 0 Å². The summed E-state index contributed by atoms with van der Waals surface area (Å²) in [6.45, 7) is 0. The molecule has 0 amide bonds. The van der Waals surface area contributed by atoms with Gasteiger partial charge in [0.25, 0.3) is 0 Å². The molecule has 3 rings (SSSR count). The first kappa shape index (κ1) is 13.2. The summed E-state index contributed by atoms with van der Waals surface area (Å²) in [5, 5.41) is 4.49. The van der Waals surface area contributed by atoms with Crippen molar-refractivity contribution in [3.8, 4) is 0 Å². The first-order valence-electron chi connectivity index (χ1n) is 6.42. The minimum atomic E-state index is 0.0264. The average Bonchev–Trinajstić information content (AvgIpc) is 2.50. The number of aromatic nitrogens is 2. The molecule has 2 heterocycles. The van der Waals surface area contributed by atoms with Crippen LogP contribution in [0.2, 0.25) is 0 Å². The summed E-state index contributed by atoms with van der Waals surface area (Å²) < 4.78 is 1.00. The predicted molar refractivity (Wildman–Crippen MR) is 84.6 cm³/mol. The Morgan fingerprint density at radius 2 is 1.80 bits per heavy atom. The largest absolute Gasteiger partial charge is 0.308 e. The molecule has 0 fully saturated rings. The summed E-state index contributed by atoms with van der Waals surface area (Å²) in [6, 6.07) is 14.2. The summed E-state index contributed by atoms with van der Waals surface area (Å²) in [6.07, 6.45) is 3.63. The van der Waals surface area contributed by atoms with Crippen LogP contribution in [0, 0.1) is 0 Å². The van der Waals surface area contributed by atoms with Gasteiger partial charge in [0.15, 0.2) is 0 Å². The molecule has 0 radical (unpaired) electrons. The Bertz CT molecular complexity index is 737. The Labute approximate surface area is 126 Å². The number of benzene rings is 1. The molecule has 0 bridgehead atoms. The van der Waals surface area contributed by atoms with Crippen LogP contribution in [-0.2, 0) is 0 Å². The number of hydrogen-bond acceptors (Lipinski definition) is 3. The molecule has 100 valence electrons. The summed E-state index contributed by atoms with van der Waals surface area (Å²) in [5.41, 5.74) is 3.15. The molecule has 20 heavy (non-hydrogen) atoms. The van der Waals surface area contributed by atoms with E-state index in [1.807, 2.05) is 49.8 Å². The van der Waals surface area contributed by atoms with Gasteiger partial charge in [-0.3, -0.25) is 9.97 Å². The molecule has 0 aliphatic carbocycles. The maximum absolute atomic E-state index is 4.50. The maximum atomic E-state index is 4.50. The molecule has 1 atom stereocenters. The normalized spacial score (nSPS) is 12.5. The molecule has 1 unspecified atom stereocenters. The highest BCUT2D eigenvalue weighted by Gasteiger charge is 2.18. The zero-order valence-electron chi connectivity index (χ0n) is 11.0. The summed E-state index contributed by atoms with van der Waals surface area (Å²) in [4.78, 5) is 8.92. The molecule has 3 nitrogen and oxygen atoms in total. The Hall–Kier alpha value is -1.78. The highest BCUT2D eigenvalue weighted by atomic mass is 79.9. The Kier molecular flexibility index (Phi) is 3.76. The number of nitrogens with zero attached hydrogens (tertiary/aromatic N) is 2. The molecule has 1 aromatic carbocycles. The monoisotopic (exact) mass is 327 g/mol. The molecule has 0 aliphatic heterocycles. The first-order chi connectivity index (χ1) is 9.81. The smallest absolute Gasteiger partial charge is 0.0767 e. The highest BCUT2D eigenvalue weighted by Crippen LogP contribution is 2.30. The molecule has 3 aromatic rings. The minimum absolute atomic E-state index is 0.0264. The van der Waals surface area contributed by atoms with E-state index in [-0.39, 0.29) is 6.04 Å². The zero-order chi connectivity index (χ0) is 13.9. The van der Waals surface area contributed by atoms with Gasteiger partial charge in [-0.05, 0) is 52.8 Å². The number of pyridine rings is 2. The number of fused-ring (bicyclic) bond motifs is 1. The molecule has 2 aromatic heterocycles. The van der Waals surface area contributed by atoms with E-state index in [2.05, 4.69) is 43.3 Å². The number of nitrogens with one attached hydrogen (secondary N) is 1. The van der Waals surface area contributed by atoms with E-state index in [1.54, 1.807) is 0 Å². The fraction of sp³-hybridized carbons (Fsp3) is 0.125.